The highest BCUT2D eigenvalue weighted by molar-refractivity contribution is 5.91. The Labute approximate surface area is 143 Å². The zero-order valence-electron chi connectivity index (χ0n) is 13.9. The van der Waals surface area contributed by atoms with Gasteiger partial charge in [0.25, 0.3) is 0 Å². The molecule has 2 aliphatic carbocycles. The highest BCUT2D eigenvalue weighted by atomic mass is 16.1. The molecule has 4 heteroatoms. The predicted molar refractivity (Wildman–Crippen MR) is 94.0 cm³/mol. The summed E-state index contributed by atoms with van der Waals surface area (Å²) in [5, 5.41) is 6.71. The summed E-state index contributed by atoms with van der Waals surface area (Å²) in [6.45, 7) is 1.49. The van der Waals surface area contributed by atoms with Crippen LogP contribution in [0.3, 0.4) is 0 Å². The Bertz CT molecular complexity index is 612. The van der Waals surface area contributed by atoms with Gasteiger partial charge in [-0.1, -0.05) is 24.3 Å². The molecule has 1 aromatic rings. The number of rotatable bonds is 6. The summed E-state index contributed by atoms with van der Waals surface area (Å²) >= 11 is 0. The smallest absolute Gasteiger partial charge is 0.157 e. The van der Waals surface area contributed by atoms with Crippen molar-refractivity contribution in [3.63, 3.8) is 0 Å². The van der Waals surface area contributed by atoms with E-state index in [2.05, 4.69) is 34.9 Å². The molecule has 0 fully saturated rings. The molecule has 2 N–H and O–H groups in total. The average molecular weight is 324 g/mol. The number of allylic oxidation sites excluding steroid dienone is 4. The third-order valence-corrected chi connectivity index (χ3v) is 4.47. The third-order valence-electron chi connectivity index (χ3n) is 4.47. The van der Waals surface area contributed by atoms with Crippen LogP contribution in [0.15, 0.2) is 47.8 Å². The summed E-state index contributed by atoms with van der Waals surface area (Å²) in [4.78, 5) is 22.8. The van der Waals surface area contributed by atoms with Crippen molar-refractivity contribution in [1.82, 2.24) is 10.6 Å². The van der Waals surface area contributed by atoms with Crippen molar-refractivity contribution in [3.8, 4) is 0 Å². The van der Waals surface area contributed by atoms with E-state index in [1.807, 2.05) is 0 Å². The number of hydrogen-bond donors (Lipinski definition) is 2. The second kappa shape index (κ2) is 7.95. The fourth-order valence-corrected chi connectivity index (χ4v) is 3.07. The van der Waals surface area contributed by atoms with Crippen molar-refractivity contribution < 1.29 is 9.59 Å². The minimum absolute atomic E-state index is 0.223. The van der Waals surface area contributed by atoms with Gasteiger partial charge in [0.2, 0.25) is 0 Å². The van der Waals surface area contributed by atoms with Crippen LogP contribution in [0.2, 0.25) is 0 Å². The SMILES string of the molecule is O=C1C=C(NCc2ccc(CNC3=CC(=O)CCC3)cc2)CCC1. The molecular formula is C20H24N2O2. The van der Waals surface area contributed by atoms with Crippen molar-refractivity contribution in [2.45, 2.75) is 51.6 Å². The second-order valence-corrected chi connectivity index (χ2v) is 6.50. The molecule has 0 saturated heterocycles. The van der Waals surface area contributed by atoms with Gasteiger partial charge in [0.15, 0.2) is 11.6 Å². The maximum absolute atomic E-state index is 11.4. The highest BCUT2D eigenvalue weighted by Gasteiger charge is 2.10. The first-order valence-corrected chi connectivity index (χ1v) is 8.71. The summed E-state index contributed by atoms with van der Waals surface area (Å²) < 4.78 is 0. The molecule has 0 saturated carbocycles. The van der Waals surface area contributed by atoms with Gasteiger partial charge in [0, 0.05) is 49.5 Å². The standard InChI is InChI=1S/C20H24N2O2/c23-19-5-1-3-17(11-19)21-13-15-7-9-16(10-8-15)14-22-18-4-2-6-20(24)12-18/h7-12,21-22H,1-6,13-14H2. The molecule has 0 atom stereocenters. The topological polar surface area (TPSA) is 58.2 Å². The molecule has 3 rings (SSSR count). The molecule has 1 aromatic carbocycles. The van der Waals surface area contributed by atoms with Crippen LogP contribution in [0, 0.1) is 0 Å². The zero-order chi connectivity index (χ0) is 16.8. The number of hydrogen-bond acceptors (Lipinski definition) is 4. The van der Waals surface area contributed by atoms with E-state index in [9.17, 15) is 9.59 Å². The fraction of sp³-hybridized carbons (Fsp3) is 0.400. The molecule has 0 amide bonds. The van der Waals surface area contributed by atoms with Crippen molar-refractivity contribution in [3.05, 3.63) is 58.9 Å². The summed E-state index contributed by atoms with van der Waals surface area (Å²) in [5.41, 5.74) is 4.49. The van der Waals surface area contributed by atoms with Crippen LogP contribution in [-0.4, -0.2) is 11.6 Å². The summed E-state index contributed by atoms with van der Waals surface area (Å²) in [5.74, 6) is 0.446. The Kier molecular flexibility index (Phi) is 5.47. The Morgan fingerprint density at radius 1 is 0.667 bits per heavy atom. The molecule has 0 spiro atoms. The van der Waals surface area contributed by atoms with E-state index >= 15 is 0 Å². The van der Waals surface area contributed by atoms with Crippen LogP contribution < -0.4 is 10.6 Å². The molecule has 0 unspecified atom stereocenters. The van der Waals surface area contributed by atoms with Gasteiger partial charge in [-0.05, 0) is 36.8 Å². The van der Waals surface area contributed by atoms with Gasteiger partial charge in [0.05, 0.1) is 0 Å². The van der Waals surface area contributed by atoms with Gasteiger partial charge in [-0.3, -0.25) is 9.59 Å². The summed E-state index contributed by atoms with van der Waals surface area (Å²) in [6.07, 6.45) is 8.64. The van der Waals surface area contributed by atoms with E-state index < -0.39 is 0 Å². The van der Waals surface area contributed by atoms with Gasteiger partial charge >= 0.3 is 0 Å². The fourth-order valence-electron chi connectivity index (χ4n) is 3.07. The Hall–Kier alpha value is -2.36. The van der Waals surface area contributed by atoms with Gasteiger partial charge in [0.1, 0.15) is 0 Å². The molecule has 0 radical (unpaired) electrons. The average Bonchev–Trinajstić information content (AvgIpc) is 2.59. The lowest BCUT2D eigenvalue weighted by atomic mass is 10.0. The van der Waals surface area contributed by atoms with E-state index in [-0.39, 0.29) is 11.6 Å². The number of benzene rings is 1. The third kappa shape index (κ3) is 4.82. The van der Waals surface area contributed by atoms with E-state index in [0.717, 1.165) is 50.2 Å². The number of nitrogens with one attached hydrogen (secondary N) is 2. The Morgan fingerprint density at radius 2 is 1.08 bits per heavy atom. The van der Waals surface area contributed by atoms with Crippen molar-refractivity contribution in [1.29, 1.82) is 0 Å². The molecule has 0 aromatic heterocycles. The second-order valence-electron chi connectivity index (χ2n) is 6.50. The molecule has 0 bridgehead atoms. The Morgan fingerprint density at radius 3 is 1.46 bits per heavy atom. The minimum atomic E-state index is 0.223. The summed E-state index contributed by atoms with van der Waals surface area (Å²) in [6, 6.07) is 8.43. The minimum Gasteiger partial charge on any atom is -0.384 e. The van der Waals surface area contributed by atoms with Crippen molar-refractivity contribution in [2.24, 2.45) is 0 Å². The number of ketones is 2. The van der Waals surface area contributed by atoms with E-state index in [1.54, 1.807) is 12.2 Å². The van der Waals surface area contributed by atoms with Crippen LogP contribution in [0.5, 0.6) is 0 Å². The van der Waals surface area contributed by atoms with Crippen LogP contribution in [0.1, 0.15) is 49.7 Å². The molecule has 0 heterocycles. The summed E-state index contributed by atoms with van der Waals surface area (Å²) in [7, 11) is 0. The van der Waals surface area contributed by atoms with E-state index in [1.165, 1.54) is 11.1 Å². The van der Waals surface area contributed by atoms with Gasteiger partial charge in [-0.2, -0.15) is 0 Å². The van der Waals surface area contributed by atoms with Crippen LogP contribution in [0.25, 0.3) is 0 Å². The normalized spacial score (nSPS) is 18.0. The lowest BCUT2D eigenvalue weighted by molar-refractivity contribution is -0.115. The first-order chi connectivity index (χ1) is 11.7. The van der Waals surface area contributed by atoms with Crippen molar-refractivity contribution >= 4 is 11.6 Å². The van der Waals surface area contributed by atoms with Gasteiger partial charge in [-0.25, -0.2) is 0 Å². The van der Waals surface area contributed by atoms with E-state index in [4.69, 9.17) is 0 Å². The van der Waals surface area contributed by atoms with Crippen LogP contribution in [-0.2, 0) is 22.7 Å². The lowest BCUT2D eigenvalue weighted by Gasteiger charge is -2.15. The van der Waals surface area contributed by atoms with Crippen LogP contribution >= 0.6 is 0 Å². The predicted octanol–water partition coefficient (Wildman–Crippen LogP) is 3.14. The van der Waals surface area contributed by atoms with Crippen LogP contribution in [0.4, 0.5) is 0 Å². The van der Waals surface area contributed by atoms with E-state index in [0.29, 0.717) is 12.8 Å². The maximum Gasteiger partial charge on any atom is 0.157 e. The number of carbonyl (C=O) groups is 2. The molecule has 0 aliphatic heterocycles. The molecule has 24 heavy (non-hydrogen) atoms. The molecular weight excluding hydrogens is 300 g/mol. The number of carbonyl (C=O) groups excluding carboxylic acids is 2. The van der Waals surface area contributed by atoms with Crippen molar-refractivity contribution in [2.75, 3.05) is 0 Å². The molecule has 2 aliphatic rings. The van der Waals surface area contributed by atoms with Gasteiger partial charge in [-0.15, -0.1) is 0 Å². The maximum atomic E-state index is 11.4. The highest BCUT2D eigenvalue weighted by Crippen LogP contribution is 2.15. The molecule has 126 valence electrons. The lowest BCUT2D eigenvalue weighted by Crippen LogP contribution is -2.18. The monoisotopic (exact) mass is 324 g/mol. The Balaban J connectivity index is 1.48. The molecule has 4 nitrogen and oxygen atoms in total. The first-order valence-electron chi connectivity index (χ1n) is 8.71. The first kappa shape index (κ1) is 16.5. The quantitative estimate of drug-likeness (QED) is 0.844. The zero-order valence-corrected chi connectivity index (χ0v) is 13.9. The van der Waals surface area contributed by atoms with Gasteiger partial charge < -0.3 is 10.6 Å². The largest absolute Gasteiger partial charge is 0.384 e.